The molecule has 10 heterocycles. The van der Waals surface area contributed by atoms with Gasteiger partial charge in [-0.1, -0.05) is 206 Å². The van der Waals surface area contributed by atoms with Crippen molar-refractivity contribution in [3.63, 3.8) is 0 Å². The Kier molecular flexibility index (Phi) is 14.7. The third-order valence-electron chi connectivity index (χ3n) is 19.2. The van der Waals surface area contributed by atoms with Gasteiger partial charge in [-0.2, -0.15) is 0 Å². The number of nitrogens with zero attached hydrogens (tertiary/aromatic N) is 4. The maximum Gasteiger partial charge on any atom is 0.0737 e. The van der Waals surface area contributed by atoms with E-state index < -0.39 is 0 Å². The number of nitrogens with one attached hydrogen (secondary N) is 4. The fourth-order valence-corrected chi connectivity index (χ4v) is 14.7. The number of fused-ring (bicyclic) bond motifs is 16. The molecule has 0 fully saturated rings. The van der Waals surface area contributed by atoms with Gasteiger partial charge in [0.1, 0.15) is 0 Å². The molecule has 6 aromatic heterocycles. The number of aromatic nitrogens is 8. The van der Waals surface area contributed by atoms with Gasteiger partial charge >= 0.3 is 0 Å². The first-order valence-corrected chi connectivity index (χ1v) is 33.8. The van der Waals surface area contributed by atoms with E-state index in [0.29, 0.717) is 0 Å². The normalized spacial score (nSPS) is 12.1. The molecule has 470 valence electrons. The molecule has 0 saturated carbocycles. The highest BCUT2D eigenvalue weighted by atomic mass is 14.8. The molecule has 8 nitrogen and oxygen atoms in total. The fraction of sp³-hybridized carbons (Fsp3) is 0.0217. The van der Waals surface area contributed by atoms with Gasteiger partial charge in [-0.25, -0.2) is 19.9 Å². The highest BCUT2D eigenvalue weighted by molar-refractivity contribution is 6.03. The van der Waals surface area contributed by atoms with Gasteiger partial charge in [0.05, 0.1) is 45.6 Å². The number of rotatable bonds is 8. The molecule has 0 unspecified atom stereocenters. The van der Waals surface area contributed by atoms with Crippen molar-refractivity contribution < 1.29 is 0 Å². The first-order chi connectivity index (χ1) is 49.4. The Hall–Kier alpha value is -13.5. The van der Waals surface area contributed by atoms with Crippen LogP contribution < -0.4 is 0 Å². The summed E-state index contributed by atoms with van der Waals surface area (Å²) in [6.07, 6.45) is 17.2. The van der Waals surface area contributed by atoms with Crippen LogP contribution in [0, 0.1) is 25.7 Å². The molecule has 4 aliphatic rings. The van der Waals surface area contributed by atoms with E-state index in [4.69, 9.17) is 19.9 Å². The molecule has 4 N–H and O–H groups in total. The van der Waals surface area contributed by atoms with Crippen molar-refractivity contribution in [3.8, 4) is 101 Å². The summed E-state index contributed by atoms with van der Waals surface area (Å²) in [7, 11) is 0. The monoisotopic (exact) mass is 1280 g/mol. The van der Waals surface area contributed by atoms with Crippen LogP contribution in [-0.4, -0.2) is 39.9 Å². The lowest BCUT2D eigenvalue weighted by molar-refractivity contribution is 1.29. The number of hydrogen-bond donors (Lipinski definition) is 4. The Labute approximate surface area is 578 Å². The topological polar surface area (TPSA) is 115 Å². The third kappa shape index (κ3) is 10.8. The average molecular weight is 1280 g/mol. The minimum absolute atomic E-state index is 0.838. The molecule has 16 bridgehead atoms. The molecule has 0 aliphatic carbocycles. The van der Waals surface area contributed by atoms with Crippen LogP contribution in [0.1, 0.15) is 67.8 Å². The second-order valence-electron chi connectivity index (χ2n) is 25.5. The summed E-state index contributed by atoms with van der Waals surface area (Å²) >= 11 is 0. The van der Waals surface area contributed by atoms with Gasteiger partial charge in [-0.15, -0.1) is 0 Å². The Morgan fingerprint density at radius 3 is 0.640 bits per heavy atom. The minimum Gasteiger partial charge on any atom is -0.354 e. The predicted molar refractivity (Wildman–Crippen MR) is 417 cm³/mol. The van der Waals surface area contributed by atoms with E-state index in [9.17, 15) is 0 Å². The highest BCUT2D eigenvalue weighted by Gasteiger charge is 2.23. The SMILES string of the molecule is Cc1cc(C#Cc2ccc(-c3c4nc(c(-c5ccccc5)c5ccc([nH]5)c(-c5ccccc5)c5nc(c(-c6ccccc6)c6ccc3[nH]6)C=C5)C=C4)cc2)cc(C)c1-c1c2nc(c(-c3ccccc3)c3ccc([nH]3)c(-c3ccccc3)c3nc(c(-c4ccccc4)c4ccc1[nH]4)C=C3)C=C2. The van der Waals surface area contributed by atoms with Crippen LogP contribution in [0.3, 0.4) is 0 Å². The second-order valence-corrected chi connectivity index (χ2v) is 25.5. The van der Waals surface area contributed by atoms with E-state index in [0.717, 1.165) is 201 Å². The summed E-state index contributed by atoms with van der Waals surface area (Å²) < 4.78 is 0. The maximum atomic E-state index is 5.62. The number of benzene rings is 8. The fourth-order valence-electron chi connectivity index (χ4n) is 14.7. The number of aryl methyl sites for hydroxylation is 2. The third-order valence-corrected chi connectivity index (χ3v) is 19.2. The molecule has 0 spiro atoms. The van der Waals surface area contributed by atoms with Crippen LogP contribution in [0.5, 0.6) is 0 Å². The summed E-state index contributed by atoms with van der Waals surface area (Å²) in [5.74, 6) is 7.16. The lowest BCUT2D eigenvalue weighted by Crippen LogP contribution is -1.94. The first-order valence-electron chi connectivity index (χ1n) is 33.8. The number of H-pyrrole nitrogens is 4. The summed E-state index contributed by atoms with van der Waals surface area (Å²) in [6, 6.07) is 93.6. The molecule has 0 amide bonds. The summed E-state index contributed by atoms with van der Waals surface area (Å²) in [4.78, 5) is 37.8. The largest absolute Gasteiger partial charge is 0.354 e. The Balaban J connectivity index is 0.780. The van der Waals surface area contributed by atoms with Gasteiger partial charge in [0.25, 0.3) is 0 Å². The van der Waals surface area contributed by atoms with Crippen molar-refractivity contribution in [2.75, 3.05) is 0 Å². The van der Waals surface area contributed by atoms with Crippen molar-refractivity contribution in [2.45, 2.75) is 13.8 Å². The van der Waals surface area contributed by atoms with Crippen LogP contribution in [-0.2, 0) is 0 Å². The van der Waals surface area contributed by atoms with E-state index in [1.54, 1.807) is 0 Å². The van der Waals surface area contributed by atoms with Crippen LogP contribution in [0.2, 0.25) is 0 Å². The van der Waals surface area contributed by atoms with Gasteiger partial charge in [0.2, 0.25) is 0 Å². The van der Waals surface area contributed by atoms with Crippen molar-refractivity contribution in [1.29, 1.82) is 0 Å². The van der Waals surface area contributed by atoms with Crippen LogP contribution >= 0.6 is 0 Å². The van der Waals surface area contributed by atoms with E-state index in [1.165, 1.54) is 0 Å². The molecule has 14 aromatic rings. The van der Waals surface area contributed by atoms with Gasteiger partial charge in [-0.3, -0.25) is 0 Å². The van der Waals surface area contributed by atoms with Crippen LogP contribution in [0.4, 0.5) is 0 Å². The van der Waals surface area contributed by atoms with Gasteiger partial charge < -0.3 is 19.9 Å². The summed E-state index contributed by atoms with van der Waals surface area (Å²) in [6.45, 7) is 4.38. The lowest BCUT2D eigenvalue weighted by atomic mass is 9.92. The quantitative estimate of drug-likeness (QED) is 0.113. The lowest BCUT2D eigenvalue weighted by Gasteiger charge is -2.13. The minimum atomic E-state index is 0.838. The first kappa shape index (κ1) is 59.0. The molecule has 4 aliphatic heterocycles. The Bertz CT molecular complexity index is 6080. The van der Waals surface area contributed by atoms with E-state index >= 15 is 0 Å². The van der Waals surface area contributed by atoms with Gasteiger partial charge in [0, 0.05) is 99.8 Å². The predicted octanol–water partition coefficient (Wildman–Crippen LogP) is 23.0. The molecule has 0 saturated heterocycles. The Morgan fingerprint density at radius 2 is 0.400 bits per heavy atom. The van der Waals surface area contributed by atoms with Crippen molar-refractivity contribution in [1.82, 2.24) is 39.9 Å². The van der Waals surface area contributed by atoms with E-state index in [2.05, 4.69) is 361 Å². The standard InChI is InChI=1S/C92H62N8/c1-57-55-60(56-58(2)84(57)92-82-53-51-78(99-82)89(65-29-17-7-18-30-65)76-45-43-70(95-76)86(62-23-11-4-12-24-62)71-44-46-77(96-71)90(66-31-19-8-20-32-66)79-52-54-83(92)100-79)34-33-59-35-37-67(38-36-59)91-80-49-47-74(97-80)87(63-25-13-5-14-26-63)72-41-39-68(93-72)85(61-21-9-3-10-22-61)69-40-42-73(94-69)88(64-27-15-6-16-28-64)75-48-50-81(91)98-75/h3-32,35-56,93,95,98,100H,1-2H3. The summed E-state index contributed by atoms with van der Waals surface area (Å²) in [5.41, 5.74) is 34.9. The van der Waals surface area contributed by atoms with Crippen molar-refractivity contribution >= 4 is 92.7 Å². The van der Waals surface area contributed by atoms with E-state index in [1.807, 2.05) is 0 Å². The zero-order valence-corrected chi connectivity index (χ0v) is 54.8. The van der Waals surface area contributed by atoms with Gasteiger partial charge in [0.15, 0.2) is 0 Å². The molecule has 0 radical (unpaired) electrons. The zero-order valence-electron chi connectivity index (χ0n) is 54.8. The second kappa shape index (κ2) is 24.9. The zero-order chi connectivity index (χ0) is 66.6. The number of hydrogen-bond acceptors (Lipinski definition) is 4. The molecule has 8 aromatic carbocycles. The molecule has 8 heteroatoms. The highest BCUT2D eigenvalue weighted by Crippen LogP contribution is 2.43. The molecule has 100 heavy (non-hydrogen) atoms. The number of aromatic amines is 4. The smallest absolute Gasteiger partial charge is 0.0737 e. The van der Waals surface area contributed by atoms with Crippen molar-refractivity contribution in [3.05, 3.63) is 335 Å². The molecular formula is C92H62N8. The van der Waals surface area contributed by atoms with Crippen molar-refractivity contribution in [2.24, 2.45) is 0 Å². The summed E-state index contributed by atoms with van der Waals surface area (Å²) in [5, 5.41) is 0. The average Bonchev–Trinajstić information content (AvgIpc) is 1.60. The molecule has 18 rings (SSSR count). The van der Waals surface area contributed by atoms with Crippen LogP contribution in [0.25, 0.3) is 182 Å². The van der Waals surface area contributed by atoms with E-state index in [-0.39, 0.29) is 0 Å². The Morgan fingerprint density at radius 1 is 0.200 bits per heavy atom. The van der Waals surface area contributed by atoms with Crippen LogP contribution in [0.15, 0.2) is 267 Å². The maximum absolute atomic E-state index is 5.62. The van der Waals surface area contributed by atoms with Gasteiger partial charge in [-0.05, 0) is 191 Å². The molecule has 0 atom stereocenters. The molecular weight excluding hydrogens is 1220 g/mol.